The van der Waals surface area contributed by atoms with Crippen molar-refractivity contribution in [3.05, 3.63) is 0 Å². The number of amides is 2. The van der Waals surface area contributed by atoms with Crippen molar-refractivity contribution in [2.24, 2.45) is 0 Å². The molecule has 1 atom stereocenters. The number of rotatable bonds is 24. The number of carboxylic acids is 2. The first kappa shape index (κ1) is 33.9. The van der Waals surface area contributed by atoms with Crippen LogP contribution in [0, 0.1) is 0 Å². The molecule has 0 saturated carbocycles. The third kappa shape index (κ3) is 20.8. The zero-order valence-electron chi connectivity index (χ0n) is 21.1. The Hall–Kier alpha value is -1.08. The quantitative estimate of drug-likeness (QED) is 0.0227. The second kappa shape index (κ2) is 22.1. The molecule has 0 aliphatic heterocycles. The molecule has 0 radical (unpaired) electrons. The first-order valence-corrected chi connectivity index (χ1v) is 16.4. The van der Waals surface area contributed by atoms with Gasteiger partial charge in [-0.2, -0.15) is 0 Å². The zero-order valence-corrected chi connectivity index (χ0v) is 24.1. The van der Waals surface area contributed by atoms with E-state index in [1.54, 1.807) is 0 Å². The molecular weight excluding hydrogens is 585 g/mol. The molecule has 0 aromatic rings. The average molecular weight is 631 g/mol. The maximum atomic E-state index is 12.2. The molecule has 0 aliphatic carbocycles. The van der Waals surface area contributed by atoms with Crippen LogP contribution < -0.4 is 35.6 Å². The number of carbonyl (C=O) groups excluding carboxylic acids is 2. The van der Waals surface area contributed by atoms with Crippen LogP contribution in [0.2, 0.25) is 0 Å². The van der Waals surface area contributed by atoms with E-state index in [4.69, 9.17) is 10.2 Å². The Balaban J connectivity index is 3.66. The summed E-state index contributed by atoms with van der Waals surface area (Å²) in [5, 5.41) is 22.4. The third-order valence-electron chi connectivity index (χ3n) is 5.61. The van der Waals surface area contributed by atoms with Crippen molar-refractivity contribution >= 4 is 36.4 Å². The van der Waals surface area contributed by atoms with E-state index >= 15 is 0 Å². The monoisotopic (exact) mass is 630 g/mol. The summed E-state index contributed by atoms with van der Waals surface area (Å²) in [5.41, 5.74) is 0. The Morgan fingerprint density at radius 2 is 1.11 bits per heavy atom. The van der Waals surface area contributed by atoms with Crippen molar-refractivity contribution in [1.29, 1.82) is 0 Å². The Morgan fingerprint density at radius 3 is 1.51 bits per heavy atom. The van der Waals surface area contributed by atoms with Crippen LogP contribution in [0.3, 0.4) is 0 Å². The van der Waals surface area contributed by atoms with E-state index in [2.05, 4.69) is 26.8 Å². The topological polar surface area (TPSA) is 145 Å². The molecule has 5 N–H and O–H groups in total. The number of unbranched alkanes of at least 4 members (excludes halogenated alkanes) is 13. The van der Waals surface area contributed by atoms with Gasteiger partial charge in [-0.1, -0.05) is 44.9 Å². The number of halogens is 1. The minimum absolute atomic E-state index is 0.00131. The normalized spacial score (nSPS) is 12.7. The van der Waals surface area contributed by atoms with Crippen molar-refractivity contribution in [3.63, 3.8) is 0 Å². The first-order valence-electron chi connectivity index (χ1n) is 12.7. The van der Waals surface area contributed by atoms with Gasteiger partial charge in [-0.25, -0.2) is 0 Å². The van der Waals surface area contributed by atoms with Gasteiger partial charge in [0.1, 0.15) is 0 Å². The van der Waals surface area contributed by atoms with Crippen LogP contribution in [-0.2, 0) is 19.2 Å². The molecule has 0 fully saturated rings. The summed E-state index contributed by atoms with van der Waals surface area (Å²) < 4.78 is 3.00. The molecular formula is C24H45IN3O6S-. The molecule has 0 rings (SSSR count). The number of hydrogen-bond acceptors (Lipinski definition) is 6. The Morgan fingerprint density at radius 1 is 0.686 bits per heavy atom. The molecule has 0 aromatic heterocycles. The Kier molecular flexibility index (Phi) is 21.5. The molecule has 9 nitrogen and oxygen atoms in total. The molecule has 0 spiro atoms. The van der Waals surface area contributed by atoms with Crippen molar-refractivity contribution in [2.75, 3.05) is 18.0 Å². The second-order valence-electron chi connectivity index (χ2n) is 8.84. The van der Waals surface area contributed by atoms with Gasteiger partial charge in [0.25, 0.3) is 0 Å². The zero-order chi connectivity index (χ0) is 26.4. The van der Waals surface area contributed by atoms with Crippen LogP contribution in [0.1, 0.15) is 103 Å². The van der Waals surface area contributed by atoms with Crippen LogP contribution in [0.4, 0.5) is 0 Å². The number of aliphatic carboxylic acids is 2. The molecule has 206 valence electrons. The SMILES string of the molecule is C[I-]N[C@](S)(CNC(=O)CCCCCCCCCCCCCCCCC(=O)O)C(=O)NCC(=O)O. The molecule has 0 aromatic carbocycles. The Labute approximate surface area is 226 Å². The van der Waals surface area contributed by atoms with Crippen LogP contribution >= 0.6 is 12.6 Å². The van der Waals surface area contributed by atoms with Crippen molar-refractivity contribution < 1.29 is 50.9 Å². The predicted octanol–water partition coefficient (Wildman–Crippen LogP) is 0.479. The fourth-order valence-electron chi connectivity index (χ4n) is 3.61. The predicted molar refractivity (Wildman–Crippen MR) is 136 cm³/mol. The standard InChI is InChI=1S/C24H45IN3O6S/c1-25-28-24(35,23(34)26-18-22(32)33)19-27-20(29)16-14-12-10-8-6-4-2-3-5-7-9-11-13-15-17-21(30)31/h28,35H,2-19H2,1H3,(H,26,34)(H,27,29)(H,30,31)(H,32,33)/q-1/t24-/m0/s1. The van der Waals surface area contributed by atoms with Gasteiger partial charge in [0.2, 0.25) is 0 Å². The van der Waals surface area contributed by atoms with Crippen LogP contribution in [0.5, 0.6) is 0 Å². The summed E-state index contributed by atoms with van der Waals surface area (Å²) in [4.78, 5) is 46.1. The van der Waals surface area contributed by atoms with E-state index < -0.39 is 50.7 Å². The van der Waals surface area contributed by atoms with Gasteiger partial charge in [0.05, 0.1) is 0 Å². The van der Waals surface area contributed by atoms with E-state index in [-0.39, 0.29) is 12.5 Å². The summed E-state index contributed by atoms with van der Waals surface area (Å²) in [6.45, 7) is -0.491. The van der Waals surface area contributed by atoms with Gasteiger partial charge < -0.3 is 5.11 Å². The van der Waals surface area contributed by atoms with E-state index in [0.29, 0.717) is 12.8 Å². The summed E-state index contributed by atoms with van der Waals surface area (Å²) in [7, 11) is 0. The van der Waals surface area contributed by atoms with Crippen molar-refractivity contribution in [3.8, 4) is 0 Å². The fourth-order valence-corrected chi connectivity index (χ4v) is 5.67. The summed E-state index contributed by atoms with van der Waals surface area (Å²) >= 11 is 3.85. The van der Waals surface area contributed by atoms with E-state index in [1.165, 1.54) is 51.4 Å². The molecule has 11 heteroatoms. The number of nitrogens with one attached hydrogen (secondary N) is 3. The van der Waals surface area contributed by atoms with Crippen LogP contribution in [-0.4, -0.2) is 56.9 Å². The average Bonchev–Trinajstić information content (AvgIpc) is 2.80. The van der Waals surface area contributed by atoms with Gasteiger partial charge >= 0.3 is 159 Å². The molecule has 0 bridgehead atoms. The number of carboxylic acid groups (broad SMARTS) is 2. The molecule has 0 heterocycles. The second-order valence-corrected chi connectivity index (χ2v) is 11.2. The molecule has 35 heavy (non-hydrogen) atoms. The molecule has 0 aliphatic rings. The van der Waals surface area contributed by atoms with E-state index in [1.807, 2.05) is 4.93 Å². The summed E-state index contributed by atoms with van der Waals surface area (Å²) in [5.74, 6) is -2.52. The number of carbonyl (C=O) groups is 4. The third-order valence-corrected chi connectivity index (χ3v) is 7.97. The Bertz CT molecular complexity index is 626. The van der Waals surface area contributed by atoms with E-state index in [9.17, 15) is 19.2 Å². The van der Waals surface area contributed by atoms with Gasteiger partial charge in [0.15, 0.2) is 0 Å². The van der Waals surface area contributed by atoms with Crippen LogP contribution in [0.15, 0.2) is 0 Å². The fraction of sp³-hybridized carbons (Fsp3) is 0.833. The molecule has 2 amide bonds. The van der Waals surface area contributed by atoms with Crippen molar-refractivity contribution in [1.82, 2.24) is 14.2 Å². The number of alkyl halides is 1. The minimum atomic E-state index is -1.31. The van der Waals surface area contributed by atoms with Gasteiger partial charge in [0, 0.05) is 6.42 Å². The molecule has 0 unspecified atom stereocenters. The van der Waals surface area contributed by atoms with E-state index in [0.717, 1.165) is 38.5 Å². The number of thiol groups is 1. The van der Waals surface area contributed by atoms with Gasteiger partial charge in [-0.05, 0) is 6.42 Å². The first-order chi connectivity index (χ1) is 16.7. The van der Waals surface area contributed by atoms with Crippen molar-refractivity contribution in [2.45, 2.75) is 108 Å². The maximum absolute atomic E-state index is 12.2. The van der Waals surface area contributed by atoms with Crippen LogP contribution in [0.25, 0.3) is 0 Å². The molecule has 0 saturated heterocycles. The summed E-state index contributed by atoms with van der Waals surface area (Å²) in [6, 6.07) is 0. The summed E-state index contributed by atoms with van der Waals surface area (Å²) in [6.07, 6.45) is 16.5. The number of hydrogen-bond donors (Lipinski definition) is 6. The van der Waals surface area contributed by atoms with Gasteiger partial charge in [-0.3, -0.25) is 4.79 Å². The van der Waals surface area contributed by atoms with Gasteiger partial charge in [-0.15, -0.1) is 0 Å².